The minimum atomic E-state index is -0.0584. The van der Waals surface area contributed by atoms with Gasteiger partial charge in [-0.15, -0.1) is 11.8 Å². The van der Waals surface area contributed by atoms with Crippen molar-refractivity contribution in [3.63, 3.8) is 0 Å². The fourth-order valence-corrected chi connectivity index (χ4v) is 4.12. The minimum absolute atomic E-state index is 0.0584. The van der Waals surface area contributed by atoms with Gasteiger partial charge in [-0.05, 0) is 60.5 Å². The maximum Gasteiger partial charge on any atom is 0.244 e. The average Bonchev–Trinajstić information content (AvgIpc) is 3.01. The summed E-state index contributed by atoms with van der Waals surface area (Å²) in [4.78, 5) is 15.8. The number of nitrogens with one attached hydrogen (secondary N) is 1. The van der Waals surface area contributed by atoms with E-state index in [2.05, 4.69) is 67.9 Å². The van der Waals surface area contributed by atoms with E-state index in [1.165, 1.54) is 21.6 Å². The summed E-state index contributed by atoms with van der Waals surface area (Å²) < 4.78 is 0. The van der Waals surface area contributed by atoms with Gasteiger partial charge in [0.15, 0.2) is 0 Å². The number of hydrogen-bond donors (Lipinski definition) is 1. The highest BCUT2D eigenvalue weighted by atomic mass is 32.2. The number of nitrogens with zero attached hydrogens (tertiary/aromatic N) is 1. The second-order valence-corrected chi connectivity index (χ2v) is 7.60. The molecule has 1 fully saturated rings. The Morgan fingerprint density at radius 3 is 2.60 bits per heavy atom. The fourth-order valence-electron chi connectivity index (χ4n) is 3.50. The summed E-state index contributed by atoms with van der Waals surface area (Å²) in [6.45, 7) is 5.17. The molecule has 2 aromatic rings. The van der Waals surface area contributed by atoms with E-state index in [0.717, 1.165) is 18.7 Å². The van der Waals surface area contributed by atoms with Crippen molar-refractivity contribution in [3.05, 3.63) is 48.0 Å². The van der Waals surface area contributed by atoms with Crippen molar-refractivity contribution in [3.8, 4) is 11.1 Å². The number of carbonyl (C=O) groups excluding carboxylic acids is 1. The summed E-state index contributed by atoms with van der Waals surface area (Å²) in [5.74, 6) is 0.541. The molecule has 1 N–H and O–H groups in total. The number of carbonyl (C=O) groups is 1. The van der Waals surface area contributed by atoms with E-state index in [-0.39, 0.29) is 11.9 Å². The number of rotatable bonds is 5. The van der Waals surface area contributed by atoms with Gasteiger partial charge in [0, 0.05) is 17.1 Å². The van der Waals surface area contributed by atoms with Crippen LogP contribution in [-0.2, 0) is 4.79 Å². The van der Waals surface area contributed by atoms with Crippen LogP contribution < -0.4 is 10.2 Å². The van der Waals surface area contributed by atoms with E-state index >= 15 is 0 Å². The minimum Gasteiger partial charge on any atom is -0.311 e. The molecule has 0 aliphatic carbocycles. The van der Waals surface area contributed by atoms with Gasteiger partial charge in [-0.25, -0.2) is 0 Å². The average molecular weight is 355 g/mol. The van der Waals surface area contributed by atoms with Crippen LogP contribution in [0.25, 0.3) is 11.1 Å². The molecule has 1 amide bonds. The second kappa shape index (κ2) is 7.63. The lowest BCUT2D eigenvalue weighted by Crippen LogP contribution is -2.36. The summed E-state index contributed by atoms with van der Waals surface area (Å²) in [5, 5.41) is 3.12. The molecule has 1 heterocycles. The summed E-state index contributed by atoms with van der Waals surface area (Å²) >= 11 is 1.76. The quantitative estimate of drug-likeness (QED) is 0.801. The molecular weight excluding hydrogens is 328 g/mol. The third kappa shape index (κ3) is 3.46. The Labute approximate surface area is 154 Å². The molecule has 0 radical (unpaired) electrons. The van der Waals surface area contributed by atoms with Crippen LogP contribution in [0.5, 0.6) is 0 Å². The Morgan fingerprint density at radius 2 is 1.96 bits per heavy atom. The van der Waals surface area contributed by atoms with Gasteiger partial charge in [-0.1, -0.05) is 38.1 Å². The predicted molar refractivity (Wildman–Crippen MR) is 108 cm³/mol. The number of anilines is 1. The summed E-state index contributed by atoms with van der Waals surface area (Å²) in [7, 11) is 1.86. The number of thioether (sulfide) groups is 1. The van der Waals surface area contributed by atoms with Crippen LogP contribution in [0.1, 0.15) is 31.7 Å². The van der Waals surface area contributed by atoms with Crippen LogP contribution in [0, 0.1) is 0 Å². The third-order valence-electron chi connectivity index (χ3n) is 4.91. The summed E-state index contributed by atoms with van der Waals surface area (Å²) in [6.07, 6.45) is 2.97. The Hall–Kier alpha value is -1.78. The Bertz CT molecular complexity index is 772. The molecule has 1 atom stereocenters. The molecular formula is C21H26N2OS. The first-order chi connectivity index (χ1) is 12.1. The highest BCUT2D eigenvalue weighted by Gasteiger charge is 2.32. The topological polar surface area (TPSA) is 32.3 Å². The van der Waals surface area contributed by atoms with Gasteiger partial charge in [0.05, 0.1) is 6.04 Å². The van der Waals surface area contributed by atoms with Gasteiger partial charge in [-0.3, -0.25) is 4.79 Å². The zero-order chi connectivity index (χ0) is 18.0. The lowest BCUT2D eigenvalue weighted by atomic mass is 9.95. The first kappa shape index (κ1) is 18.0. The Kier molecular flexibility index (Phi) is 5.50. The molecule has 3 nitrogen and oxygen atoms in total. The molecule has 1 unspecified atom stereocenters. The van der Waals surface area contributed by atoms with Gasteiger partial charge in [0.25, 0.3) is 0 Å². The SMILES string of the molecule is CNC1CCN(c2ccc(-c3ccccc3SC)cc2C(C)C)C1=O. The van der Waals surface area contributed by atoms with Gasteiger partial charge in [0.1, 0.15) is 0 Å². The normalized spacial score (nSPS) is 17.6. The van der Waals surface area contributed by atoms with E-state index < -0.39 is 0 Å². The molecule has 0 aromatic heterocycles. The van der Waals surface area contributed by atoms with Crippen LogP contribution >= 0.6 is 11.8 Å². The van der Waals surface area contributed by atoms with Crippen LogP contribution in [0.3, 0.4) is 0 Å². The first-order valence-electron chi connectivity index (χ1n) is 8.82. The molecule has 3 rings (SSSR count). The van der Waals surface area contributed by atoms with E-state index in [0.29, 0.717) is 5.92 Å². The lowest BCUT2D eigenvalue weighted by Gasteiger charge is -2.23. The molecule has 1 saturated heterocycles. The lowest BCUT2D eigenvalue weighted by molar-refractivity contribution is -0.118. The molecule has 2 aromatic carbocycles. The third-order valence-corrected chi connectivity index (χ3v) is 5.71. The van der Waals surface area contributed by atoms with E-state index in [1.54, 1.807) is 11.8 Å². The highest BCUT2D eigenvalue weighted by Crippen LogP contribution is 2.37. The molecule has 0 saturated carbocycles. The van der Waals surface area contributed by atoms with Gasteiger partial charge >= 0.3 is 0 Å². The Morgan fingerprint density at radius 1 is 1.20 bits per heavy atom. The molecule has 1 aliphatic heterocycles. The van der Waals surface area contributed by atoms with Gasteiger partial charge in [0.2, 0.25) is 5.91 Å². The smallest absolute Gasteiger partial charge is 0.244 e. The molecule has 0 bridgehead atoms. The van der Waals surface area contributed by atoms with E-state index in [9.17, 15) is 4.79 Å². The maximum atomic E-state index is 12.6. The maximum absolute atomic E-state index is 12.6. The number of likely N-dealkylation sites (N-methyl/N-ethyl adjacent to an activating group) is 1. The van der Waals surface area contributed by atoms with Crippen molar-refractivity contribution < 1.29 is 4.79 Å². The zero-order valence-corrected chi connectivity index (χ0v) is 16.2. The number of benzene rings is 2. The molecule has 1 aliphatic rings. The van der Waals surface area contributed by atoms with Crippen molar-refractivity contribution in [2.75, 3.05) is 24.7 Å². The molecule has 0 spiro atoms. The predicted octanol–water partition coefficient (Wildman–Crippen LogP) is 4.52. The largest absolute Gasteiger partial charge is 0.311 e. The van der Waals surface area contributed by atoms with Gasteiger partial charge < -0.3 is 10.2 Å². The van der Waals surface area contributed by atoms with Crippen LogP contribution in [0.4, 0.5) is 5.69 Å². The van der Waals surface area contributed by atoms with Crippen molar-refractivity contribution in [1.82, 2.24) is 5.32 Å². The molecule has 132 valence electrons. The number of amides is 1. The van der Waals surface area contributed by atoms with Crippen LogP contribution in [0.2, 0.25) is 0 Å². The van der Waals surface area contributed by atoms with Crippen LogP contribution in [0.15, 0.2) is 47.4 Å². The van der Waals surface area contributed by atoms with Crippen molar-refractivity contribution in [1.29, 1.82) is 0 Å². The second-order valence-electron chi connectivity index (χ2n) is 6.75. The first-order valence-corrected chi connectivity index (χ1v) is 10.0. The monoisotopic (exact) mass is 354 g/mol. The zero-order valence-electron chi connectivity index (χ0n) is 15.4. The summed E-state index contributed by atoms with van der Waals surface area (Å²) in [5.41, 5.74) is 4.76. The highest BCUT2D eigenvalue weighted by molar-refractivity contribution is 7.98. The van der Waals surface area contributed by atoms with Gasteiger partial charge in [-0.2, -0.15) is 0 Å². The van der Waals surface area contributed by atoms with E-state index in [1.807, 2.05) is 11.9 Å². The Balaban J connectivity index is 2.04. The molecule has 25 heavy (non-hydrogen) atoms. The number of hydrogen-bond acceptors (Lipinski definition) is 3. The fraction of sp³-hybridized carbons (Fsp3) is 0.381. The summed E-state index contributed by atoms with van der Waals surface area (Å²) in [6, 6.07) is 15.0. The van der Waals surface area contributed by atoms with Crippen molar-refractivity contribution in [2.24, 2.45) is 0 Å². The van der Waals surface area contributed by atoms with Crippen molar-refractivity contribution in [2.45, 2.75) is 37.1 Å². The standard InChI is InChI=1S/C21H26N2OS/c1-14(2)17-13-15(16-7-5-6-8-20(16)25-4)9-10-19(17)23-12-11-18(22-3)21(23)24/h5-10,13-14,18,22H,11-12H2,1-4H3. The van der Waals surface area contributed by atoms with Crippen molar-refractivity contribution >= 4 is 23.4 Å². The molecule has 4 heteroatoms. The van der Waals surface area contributed by atoms with E-state index in [4.69, 9.17) is 0 Å². The van der Waals surface area contributed by atoms with Crippen LogP contribution in [-0.4, -0.2) is 31.8 Å².